The van der Waals surface area contributed by atoms with Crippen LogP contribution in [0, 0.1) is 5.92 Å². The number of aliphatic hydroxyl groups excluding tert-OH is 1. The van der Waals surface area contributed by atoms with E-state index in [1.807, 2.05) is 0 Å². The minimum Gasteiger partial charge on any atom is -0.392 e. The highest BCUT2D eigenvalue weighted by atomic mass is 16.5. The third kappa shape index (κ3) is 4.06. The summed E-state index contributed by atoms with van der Waals surface area (Å²) in [5.41, 5.74) is 0. The van der Waals surface area contributed by atoms with Gasteiger partial charge in [-0.3, -0.25) is 0 Å². The Bertz CT molecular complexity index is 418. The van der Waals surface area contributed by atoms with Gasteiger partial charge in [-0.15, -0.1) is 0 Å². The van der Waals surface area contributed by atoms with Gasteiger partial charge in [-0.05, 0) is 31.6 Å². The molecular weight excluding hydrogens is 264 g/mol. The third-order valence-corrected chi connectivity index (χ3v) is 5.28. The molecule has 0 aliphatic heterocycles. The maximum absolute atomic E-state index is 10.3. The first-order valence-corrected chi connectivity index (χ1v) is 8.83. The van der Waals surface area contributed by atoms with Crippen molar-refractivity contribution in [3.63, 3.8) is 0 Å². The predicted octanol–water partition coefficient (Wildman–Crippen LogP) is 3.99. The number of hydrogen-bond donors (Lipinski definition) is 1. The third-order valence-electron chi connectivity index (χ3n) is 5.28. The Morgan fingerprint density at radius 3 is 2.29 bits per heavy atom. The highest BCUT2D eigenvalue weighted by Gasteiger charge is 2.26. The van der Waals surface area contributed by atoms with E-state index >= 15 is 0 Å². The smallest absolute Gasteiger partial charge is 0.229 e. The van der Waals surface area contributed by atoms with Crippen molar-refractivity contribution in [3.05, 3.63) is 11.7 Å². The zero-order valence-corrected chi connectivity index (χ0v) is 13.0. The van der Waals surface area contributed by atoms with Gasteiger partial charge in [-0.2, -0.15) is 4.98 Å². The number of hydrogen-bond acceptors (Lipinski definition) is 4. The zero-order chi connectivity index (χ0) is 14.5. The van der Waals surface area contributed by atoms with Crippen LogP contribution >= 0.6 is 0 Å². The van der Waals surface area contributed by atoms with Gasteiger partial charge in [0.2, 0.25) is 5.89 Å². The van der Waals surface area contributed by atoms with Crippen LogP contribution in [0.1, 0.15) is 88.3 Å². The maximum Gasteiger partial charge on any atom is 0.229 e. The summed E-state index contributed by atoms with van der Waals surface area (Å²) in [7, 11) is 0. The molecule has 0 saturated heterocycles. The second kappa shape index (κ2) is 7.39. The first-order valence-electron chi connectivity index (χ1n) is 8.83. The molecule has 0 spiro atoms. The van der Waals surface area contributed by atoms with Crippen molar-refractivity contribution in [1.29, 1.82) is 0 Å². The van der Waals surface area contributed by atoms with Gasteiger partial charge in [0.25, 0.3) is 0 Å². The van der Waals surface area contributed by atoms with Crippen LogP contribution in [0.15, 0.2) is 4.52 Å². The molecule has 2 aliphatic carbocycles. The van der Waals surface area contributed by atoms with Gasteiger partial charge in [-0.25, -0.2) is 0 Å². The van der Waals surface area contributed by atoms with E-state index < -0.39 is 0 Å². The van der Waals surface area contributed by atoms with Crippen LogP contribution in [0.2, 0.25) is 0 Å². The molecule has 3 rings (SSSR count). The lowest BCUT2D eigenvalue weighted by Gasteiger charge is -2.16. The fourth-order valence-electron chi connectivity index (χ4n) is 3.92. The van der Waals surface area contributed by atoms with Crippen molar-refractivity contribution in [1.82, 2.24) is 10.1 Å². The first kappa shape index (κ1) is 15.0. The molecule has 4 heteroatoms. The Hall–Kier alpha value is -0.900. The van der Waals surface area contributed by atoms with Crippen molar-refractivity contribution in [2.75, 3.05) is 0 Å². The minimum absolute atomic E-state index is 0.307. The number of nitrogens with zero attached hydrogens (tertiary/aromatic N) is 2. The van der Waals surface area contributed by atoms with Crippen LogP contribution in [-0.4, -0.2) is 21.4 Å². The normalized spacial score (nSPS) is 23.9. The minimum atomic E-state index is -0.307. The van der Waals surface area contributed by atoms with Crippen molar-refractivity contribution in [3.8, 4) is 0 Å². The van der Waals surface area contributed by atoms with Gasteiger partial charge in [0.1, 0.15) is 0 Å². The summed E-state index contributed by atoms with van der Waals surface area (Å²) in [6.45, 7) is 0. The van der Waals surface area contributed by atoms with Crippen molar-refractivity contribution in [2.24, 2.45) is 5.92 Å². The van der Waals surface area contributed by atoms with E-state index in [-0.39, 0.29) is 6.10 Å². The average molecular weight is 292 g/mol. The van der Waals surface area contributed by atoms with Crippen molar-refractivity contribution < 1.29 is 9.63 Å². The SMILES string of the molecule is OC(Cc1nc(C2CCCCCCC2)no1)C1CCCC1. The van der Waals surface area contributed by atoms with E-state index in [1.165, 1.54) is 57.8 Å². The van der Waals surface area contributed by atoms with Crippen LogP contribution in [-0.2, 0) is 6.42 Å². The molecule has 2 saturated carbocycles. The molecular formula is C17H28N2O2. The molecule has 118 valence electrons. The Balaban J connectivity index is 1.56. The molecule has 1 aromatic heterocycles. The van der Waals surface area contributed by atoms with E-state index in [1.54, 1.807) is 0 Å². The summed E-state index contributed by atoms with van der Waals surface area (Å²) in [6.07, 6.45) is 14.0. The predicted molar refractivity (Wildman–Crippen MR) is 81.0 cm³/mol. The zero-order valence-electron chi connectivity index (χ0n) is 13.0. The molecule has 4 nitrogen and oxygen atoms in total. The number of aliphatic hydroxyl groups is 1. The van der Waals surface area contributed by atoms with Gasteiger partial charge in [0, 0.05) is 5.92 Å². The fourth-order valence-corrected chi connectivity index (χ4v) is 3.92. The molecule has 1 heterocycles. The highest BCUT2D eigenvalue weighted by molar-refractivity contribution is 4.97. The first-order chi connectivity index (χ1) is 10.3. The molecule has 1 atom stereocenters. The number of rotatable bonds is 4. The summed E-state index contributed by atoms with van der Waals surface area (Å²) >= 11 is 0. The summed E-state index contributed by atoms with van der Waals surface area (Å²) in [4.78, 5) is 4.58. The molecule has 21 heavy (non-hydrogen) atoms. The van der Waals surface area contributed by atoms with Crippen LogP contribution in [0.3, 0.4) is 0 Å². The van der Waals surface area contributed by atoms with Gasteiger partial charge < -0.3 is 9.63 Å². The quantitative estimate of drug-likeness (QED) is 0.911. The van der Waals surface area contributed by atoms with Crippen molar-refractivity contribution >= 4 is 0 Å². The Labute approximate surface area is 127 Å². The Morgan fingerprint density at radius 1 is 0.952 bits per heavy atom. The number of aromatic nitrogens is 2. The standard InChI is InChI=1S/C17H28N2O2/c20-15(13-8-6-7-9-13)12-16-18-17(19-21-16)14-10-4-2-1-3-5-11-14/h13-15,20H,1-12H2. The Kier molecular flexibility index (Phi) is 5.28. The molecule has 1 N–H and O–H groups in total. The van der Waals surface area contributed by atoms with Crippen LogP contribution in [0.25, 0.3) is 0 Å². The van der Waals surface area contributed by atoms with Crippen LogP contribution < -0.4 is 0 Å². The maximum atomic E-state index is 10.3. The van der Waals surface area contributed by atoms with E-state index in [0.29, 0.717) is 24.1 Å². The Morgan fingerprint density at radius 2 is 1.57 bits per heavy atom. The summed E-state index contributed by atoms with van der Waals surface area (Å²) in [5, 5.41) is 14.5. The largest absolute Gasteiger partial charge is 0.392 e. The molecule has 0 bridgehead atoms. The molecule has 1 aromatic rings. The lowest BCUT2D eigenvalue weighted by molar-refractivity contribution is 0.102. The van der Waals surface area contributed by atoms with Gasteiger partial charge >= 0.3 is 0 Å². The second-order valence-corrected chi connectivity index (χ2v) is 6.90. The fraction of sp³-hybridized carbons (Fsp3) is 0.882. The second-order valence-electron chi connectivity index (χ2n) is 6.90. The topological polar surface area (TPSA) is 59.2 Å². The summed E-state index contributed by atoms with van der Waals surface area (Å²) < 4.78 is 5.40. The van der Waals surface area contributed by atoms with Gasteiger partial charge in [0.05, 0.1) is 12.5 Å². The molecule has 2 aliphatic rings. The molecule has 2 fully saturated rings. The lowest BCUT2D eigenvalue weighted by atomic mass is 9.91. The van der Waals surface area contributed by atoms with E-state index in [0.717, 1.165) is 18.7 Å². The summed E-state index contributed by atoms with van der Waals surface area (Å²) in [6, 6.07) is 0. The van der Waals surface area contributed by atoms with Crippen LogP contribution in [0.5, 0.6) is 0 Å². The van der Waals surface area contributed by atoms with Crippen LogP contribution in [0.4, 0.5) is 0 Å². The average Bonchev–Trinajstić information content (AvgIpc) is 3.09. The molecule has 0 radical (unpaired) electrons. The van der Waals surface area contributed by atoms with Gasteiger partial charge in [-0.1, -0.05) is 50.1 Å². The van der Waals surface area contributed by atoms with Crippen molar-refractivity contribution in [2.45, 2.75) is 89.1 Å². The highest BCUT2D eigenvalue weighted by Crippen LogP contribution is 2.31. The molecule has 0 aromatic carbocycles. The van der Waals surface area contributed by atoms with E-state index in [9.17, 15) is 5.11 Å². The molecule has 0 amide bonds. The van der Waals surface area contributed by atoms with Gasteiger partial charge in [0.15, 0.2) is 5.82 Å². The van der Waals surface area contributed by atoms with E-state index in [4.69, 9.17) is 4.52 Å². The molecule has 1 unspecified atom stereocenters. The lowest BCUT2D eigenvalue weighted by Crippen LogP contribution is -2.20. The summed E-state index contributed by atoms with van der Waals surface area (Å²) in [5.74, 6) is 2.41. The monoisotopic (exact) mass is 292 g/mol. The van der Waals surface area contributed by atoms with E-state index in [2.05, 4.69) is 10.1 Å².